The van der Waals surface area contributed by atoms with Gasteiger partial charge in [-0.1, -0.05) is 51.1 Å². The smallest absolute Gasteiger partial charge is 0.325 e. The van der Waals surface area contributed by atoms with E-state index in [0.29, 0.717) is 6.42 Å². The standard InChI is InChI=1S/C24H35N3O4/c1-5-31-20(28)14-25-22(30)26-19(11-17-9-7-6-8-10-17)21(29)27-16-24(4)13-18(27)12-23(2,3)15-24/h6-10,18-19H,5,11-16H2,1-4H3,(H2,25,26,30). The monoisotopic (exact) mass is 429 g/mol. The molecule has 2 aliphatic rings. The first-order valence-electron chi connectivity index (χ1n) is 11.2. The highest BCUT2D eigenvalue weighted by molar-refractivity contribution is 5.89. The van der Waals surface area contributed by atoms with Crippen LogP contribution in [-0.2, 0) is 20.7 Å². The molecule has 3 atom stereocenters. The number of urea groups is 1. The maximum atomic E-state index is 13.6. The third kappa shape index (κ3) is 5.99. The molecule has 1 aliphatic heterocycles. The fraction of sp³-hybridized carbons (Fsp3) is 0.625. The number of rotatable bonds is 7. The lowest BCUT2D eigenvalue weighted by Crippen LogP contribution is -2.54. The van der Waals surface area contributed by atoms with Crippen molar-refractivity contribution in [3.63, 3.8) is 0 Å². The number of nitrogens with zero attached hydrogens (tertiary/aromatic N) is 1. The molecule has 1 aromatic carbocycles. The predicted octanol–water partition coefficient (Wildman–Crippen LogP) is 2.89. The SMILES string of the molecule is CCOC(=O)CNC(=O)NC(Cc1ccccc1)C(=O)N1CC2(C)CC1CC(C)(C)C2. The number of ether oxygens (including phenoxy) is 1. The maximum Gasteiger partial charge on any atom is 0.325 e. The minimum atomic E-state index is -0.698. The molecule has 1 heterocycles. The van der Waals surface area contributed by atoms with E-state index in [1.54, 1.807) is 6.92 Å². The Balaban J connectivity index is 1.72. The highest BCUT2D eigenvalue weighted by Gasteiger charge is 2.51. The Morgan fingerprint density at radius 2 is 1.87 bits per heavy atom. The van der Waals surface area contributed by atoms with Crippen LogP contribution >= 0.6 is 0 Å². The second-order valence-corrected chi connectivity index (χ2v) is 10.1. The average Bonchev–Trinajstić information content (AvgIpc) is 2.95. The van der Waals surface area contributed by atoms with Gasteiger partial charge in [-0.05, 0) is 42.6 Å². The molecule has 2 bridgehead atoms. The number of hydrogen-bond acceptors (Lipinski definition) is 4. The van der Waals surface area contributed by atoms with E-state index >= 15 is 0 Å². The number of benzene rings is 1. The quantitative estimate of drug-likeness (QED) is 0.653. The van der Waals surface area contributed by atoms with Gasteiger partial charge in [0.15, 0.2) is 0 Å². The van der Waals surface area contributed by atoms with E-state index in [-0.39, 0.29) is 35.9 Å². The molecule has 0 spiro atoms. The molecule has 1 aromatic rings. The number of nitrogens with one attached hydrogen (secondary N) is 2. The summed E-state index contributed by atoms with van der Waals surface area (Å²) in [5.74, 6) is -0.561. The summed E-state index contributed by atoms with van der Waals surface area (Å²) in [6, 6.07) is 8.62. The Labute approximate surface area is 184 Å². The minimum Gasteiger partial charge on any atom is -0.465 e. The number of carbonyl (C=O) groups is 3. The molecule has 1 aliphatic carbocycles. The van der Waals surface area contributed by atoms with Crippen LogP contribution in [0.25, 0.3) is 0 Å². The van der Waals surface area contributed by atoms with Gasteiger partial charge in [0.2, 0.25) is 5.91 Å². The highest BCUT2D eigenvalue weighted by Crippen LogP contribution is 2.52. The van der Waals surface area contributed by atoms with E-state index in [1.807, 2.05) is 35.2 Å². The molecule has 3 amide bonds. The summed E-state index contributed by atoms with van der Waals surface area (Å²) in [6.07, 6.45) is 3.48. The zero-order chi connectivity index (χ0) is 22.6. The molecule has 2 fully saturated rings. The van der Waals surface area contributed by atoms with Gasteiger partial charge in [-0.2, -0.15) is 0 Å². The van der Waals surface area contributed by atoms with Gasteiger partial charge in [-0.15, -0.1) is 0 Å². The van der Waals surface area contributed by atoms with Gasteiger partial charge < -0.3 is 20.3 Å². The summed E-state index contributed by atoms with van der Waals surface area (Å²) in [5.41, 5.74) is 1.29. The third-order valence-electron chi connectivity index (χ3n) is 6.28. The van der Waals surface area contributed by atoms with Crippen molar-refractivity contribution >= 4 is 17.9 Å². The maximum absolute atomic E-state index is 13.6. The van der Waals surface area contributed by atoms with Gasteiger partial charge in [-0.25, -0.2) is 4.79 Å². The Hall–Kier alpha value is -2.57. The number of amides is 3. The molecule has 31 heavy (non-hydrogen) atoms. The highest BCUT2D eigenvalue weighted by atomic mass is 16.5. The summed E-state index contributed by atoms with van der Waals surface area (Å²) < 4.78 is 4.84. The fourth-order valence-electron chi connectivity index (χ4n) is 5.54. The van der Waals surface area contributed by atoms with Crippen LogP contribution in [0.5, 0.6) is 0 Å². The van der Waals surface area contributed by atoms with Crippen molar-refractivity contribution in [2.24, 2.45) is 10.8 Å². The van der Waals surface area contributed by atoms with Crippen molar-refractivity contribution in [2.45, 2.75) is 65.5 Å². The molecule has 3 rings (SSSR count). The van der Waals surface area contributed by atoms with E-state index < -0.39 is 18.0 Å². The van der Waals surface area contributed by atoms with Crippen molar-refractivity contribution in [1.82, 2.24) is 15.5 Å². The largest absolute Gasteiger partial charge is 0.465 e. The van der Waals surface area contributed by atoms with E-state index in [2.05, 4.69) is 31.4 Å². The molecule has 1 saturated carbocycles. The summed E-state index contributed by atoms with van der Waals surface area (Å²) in [6.45, 7) is 9.26. The zero-order valence-electron chi connectivity index (χ0n) is 19.1. The first kappa shape index (κ1) is 23.1. The number of hydrogen-bond donors (Lipinski definition) is 2. The van der Waals surface area contributed by atoms with Gasteiger partial charge in [0.25, 0.3) is 0 Å². The molecule has 7 heteroatoms. The lowest BCUT2D eigenvalue weighted by Gasteiger charge is -2.39. The van der Waals surface area contributed by atoms with Crippen LogP contribution in [0.4, 0.5) is 4.79 Å². The van der Waals surface area contributed by atoms with E-state index in [4.69, 9.17) is 4.74 Å². The van der Waals surface area contributed by atoms with Crippen molar-refractivity contribution in [3.8, 4) is 0 Å². The number of likely N-dealkylation sites (tertiary alicyclic amines) is 1. The molecule has 3 unspecified atom stereocenters. The number of carbonyl (C=O) groups excluding carboxylic acids is 3. The lowest BCUT2D eigenvalue weighted by molar-refractivity contribution is -0.141. The molecule has 1 saturated heterocycles. The van der Waals surface area contributed by atoms with Crippen LogP contribution in [-0.4, -0.2) is 54.6 Å². The first-order valence-corrected chi connectivity index (χ1v) is 11.2. The van der Waals surface area contributed by atoms with E-state index in [9.17, 15) is 14.4 Å². The topological polar surface area (TPSA) is 87.7 Å². The van der Waals surface area contributed by atoms with Crippen LogP contribution in [0.15, 0.2) is 30.3 Å². The Morgan fingerprint density at radius 1 is 1.16 bits per heavy atom. The Bertz CT molecular complexity index is 810. The third-order valence-corrected chi connectivity index (χ3v) is 6.28. The average molecular weight is 430 g/mol. The van der Waals surface area contributed by atoms with Gasteiger partial charge in [-0.3, -0.25) is 9.59 Å². The summed E-state index contributed by atoms with van der Waals surface area (Å²) >= 11 is 0. The predicted molar refractivity (Wildman–Crippen MR) is 118 cm³/mol. The second kappa shape index (κ2) is 9.28. The van der Waals surface area contributed by atoms with E-state index in [1.165, 1.54) is 0 Å². The number of esters is 1. The van der Waals surface area contributed by atoms with Gasteiger partial charge in [0.1, 0.15) is 12.6 Å². The molecule has 0 radical (unpaired) electrons. The van der Waals surface area contributed by atoms with Crippen LogP contribution in [0.1, 0.15) is 52.5 Å². The van der Waals surface area contributed by atoms with Crippen LogP contribution in [0, 0.1) is 10.8 Å². The molecule has 170 valence electrons. The van der Waals surface area contributed by atoms with Gasteiger partial charge in [0, 0.05) is 19.0 Å². The van der Waals surface area contributed by atoms with Gasteiger partial charge >= 0.3 is 12.0 Å². The molecular formula is C24H35N3O4. The lowest BCUT2D eigenvalue weighted by atomic mass is 9.65. The molecule has 2 N–H and O–H groups in total. The van der Waals surface area contributed by atoms with Crippen LogP contribution in [0.2, 0.25) is 0 Å². The Kier molecular flexibility index (Phi) is 6.92. The van der Waals surface area contributed by atoms with Crippen molar-refractivity contribution in [2.75, 3.05) is 19.7 Å². The van der Waals surface area contributed by atoms with Gasteiger partial charge in [0.05, 0.1) is 6.61 Å². The van der Waals surface area contributed by atoms with Crippen LogP contribution < -0.4 is 10.6 Å². The van der Waals surface area contributed by atoms with Crippen molar-refractivity contribution in [3.05, 3.63) is 35.9 Å². The first-order chi connectivity index (χ1) is 14.6. The van der Waals surface area contributed by atoms with Crippen molar-refractivity contribution in [1.29, 1.82) is 0 Å². The fourth-order valence-corrected chi connectivity index (χ4v) is 5.54. The summed E-state index contributed by atoms with van der Waals surface area (Å²) in [4.78, 5) is 39.6. The van der Waals surface area contributed by atoms with Crippen LogP contribution in [0.3, 0.4) is 0 Å². The second-order valence-electron chi connectivity index (χ2n) is 10.1. The van der Waals surface area contributed by atoms with Crippen molar-refractivity contribution < 1.29 is 19.1 Å². The zero-order valence-corrected chi connectivity index (χ0v) is 19.1. The van der Waals surface area contributed by atoms with E-state index in [0.717, 1.165) is 31.4 Å². The normalized spacial score (nSPS) is 24.9. The molecule has 7 nitrogen and oxygen atoms in total. The summed E-state index contributed by atoms with van der Waals surface area (Å²) in [5, 5.41) is 5.30. The summed E-state index contributed by atoms with van der Waals surface area (Å²) in [7, 11) is 0. The Morgan fingerprint density at radius 3 is 2.55 bits per heavy atom. The molecule has 0 aromatic heterocycles. The minimum absolute atomic E-state index is 0.0541. The number of fused-ring (bicyclic) bond motifs is 2. The molecular weight excluding hydrogens is 394 g/mol.